The van der Waals surface area contributed by atoms with Gasteiger partial charge in [0.05, 0.1) is 0 Å². The molecule has 0 amide bonds. The van der Waals surface area contributed by atoms with E-state index in [2.05, 4.69) is 31.3 Å². The van der Waals surface area contributed by atoms with Crippen LogP contribution in [0.3, 0.4) is 0 Å². The van der Waals surface area contributed by atoms with Gasteiger partial charge in [0.15, 0.2) is 0 Å². The molecule has 0 fully saturated rings. The third-order valence-corrected chi connectivity index (χ3v) is 7.82. The van der Waals surface area contributed by atoms with E-state index in [4.69, 9.17) is 0 Å². The second-order valence-corrected chi connectivity index (χ2v) is 11.7. The molecular formula is C27H18F6N2O4PtS2. The first kappa shape index (κ1) is 33.7. The van der Waals surface area contributed by atoms with E-state index in [1.54, 1.807) is 30.3 Å². The molecule has 2 heterocycles. The van der Waals surface area contributed by atoms with Gasteiger partial charge < -0.3 is 9.97 Å². The predicted molar refractivity (Wildman–Crippen MR) is 136 cm³/mol. The molecule has 224 valence electrons. The van der Waals surface area contributed by atoms with Crippen molar-refractivity contribution >= 4 is 21.9 Å². The molecule has 0 radical (unpaired) electrons. The van der Waals surface area contributed by atoms with E-state index in [-0.39, 0.29) is 32.3 Å². The van der Waals surface area contributed by atoms with Crippen molar-refractivity contribution in [2.75, 3.05) is 0 Å². The van der Waals surface area contributed by atoms with Crippen molar-refractivity contribution in [2.24, 2.45) is 0 Å². The maximum absolute atomic E-state index is 13.1. The molecule has 0 unspecified atom stereocenters. The Kier molecular flexibility index (Phi) is 10.3. The number of hydrogen-bond acceptors (Lipinski definition) is 7. The molecule has 0 saturated heterocycles. The van der Waals surface area contributed by atoms with Crippen molar-refractivity contribution < 1.29 is 65.0 Å². The molecule has 0 aliphatic carbocycles. The van der Waals surface area contributed by atoms with Gasteiger partial charge in [-0.2, -0.15) is 17.5 Å². The molecule has 42 heavy (non-hydrogen) atoms. The maximum atomic E-state index is 13.1. The van der Waals surface area contributed by atoms with Gasteiger partial charge in [0.2, 0.25) is 0 Å². The Bertz CT molecular complexity index is 1660. The van der Waals surface area contributed by atoms with Crippen LogP contribution in [0.1, 0.15) is 25.2 Å². The van der Waals surface area contributed by atoms with Crippen LogP contribution in [0.15, 0.2) is 82.6 Å². The predicted octanol–water partition coefficient (Wildman–Crippen LogP) is 7.50. The molecule has 0 spiro atoms. The van der Waals surface area contributed by atoms with E-state index in [0.717, 1.165) is 18.2 Å². The van der Waals surface area contributed by atoms with E-state index in [1.807, 2.05) is 13.8 Å². The van der Waals surface area contributed by atoms with Gasteiger partial charge in [0, 0.05) is 28.8 Å². The van der Waals surface area contributed by atoms with E-state index < -0.39 is 32.0 Å². The van der Waals surface area contributed by atoms with Crippen molar-refractivity contribution in [1.29, 1.82) is 0 Å². The Morgan fingerprint density at radius 2 is 1.31 bits per heavy atom. The molecule has 15 heteroatoms. The number of sulfone groups is 1. The number of alkyl halides is 6. The molecule has 4 aromatic rings. The minimum absolute atomic E-state index is 0. The fraction of sp³-hybridized carbons (Fsp3) is 0.185. The summed E-state index contributed by atoms with van der Waals surface area (Å²) in [5.41, 5.74) is -4.13. The topological polar surface area (TPSA) is 78.4 Å². The Labute approximate surface area is 255 Å². The molecule has 2 aromatic carbocycles. The number of hydrogen-bond donors (Lipinski definition) is 0. The van der Waals surface area contributed by atoms with Crippen LogP contribution in [-0.2, 0) is 45.5 Å². The van der Waals surface area contributed by atoms with Crippen LogP contribution < -0.4 is 0 Å². The molecule has 0 bridgehead atoms. The SMILES string of the molecule is CC(C)(c1cccc(-c2[c-]ccc(SOOC(F)(F)F)c2)n1)c1cccc(-c2[c-]ccc(S(=O)(=O)C(F)(F)F)c2)n1.[Pt+2]. The largest absolute Gasteiger partial charge is 2.00 e. The summed E-state index contributed by atoms with van der Waals surface area (Å²) in [4.78, 5) is 11.9. The fourth-order valence-electron chi connectivity index (χ4n) is 3.63. The smallest absolute Gasteiger partial charge is 0.300 e. The molecule has 0 atom stereocenters. The number of nitrogens with zero attached hydrogens (tertiary/aromatic N) is 2. The first-order chi connectivity index (χ1) is 19.1. The van der Waals surface area contributed by atoms with E-state index in [9.17, 15) is 34.8 Å². The molecule has 0 saturated carbocycles. The average Bonchev–Trinajstić information content (AvgIpc) is 2.92. The van der Waals surface area contributed by atoms with Crippen LogP contribution >= 0.6 is 12.0 Å². The Morgan fingerprint density at radius 3 is 1.83 bits per heavy atom. The maximum Gasteiger partial charge on any atom is 2.00 e. The van der Waals surface area contributed by atoms with E-state index >= 15 is 0 Å². The van der Waals surface area contributed by atoms with Gasteiger partial charge in [-0.15, -0.1) is 77.7 Å². The Hall–Kier alpha value is -2.77. The zero-order valence-corrected chi connectivity index (χ0v) is 25.3. The Balaban J connectivity index is 0.00000484. The third kappa shape index (κ3) is 7.78. The van der Waals surface area contributed by atoms with Gasteiger partial charge in [0.1, 0.15) is 0 Å². The first-order valence-corrected chi connectivity index (χ1v) is 13.7. The van der Waals surface area contributed by atoms with Gasteiger partial charge >= 0.3 is 32.9 Å². The summed E-state index contributed by atoms with van der Waals surface area (Å²) >= 11 is 0.363. The summed E-state index contributed by atoms with van der Waals surface area (Å²) in [5.74, 6) is 0. The van der Waals surface area contributed by atoms with Crippen molar-refractivity contribution in [3.63, 3.8) is 0 Å². The first-order valence-electron chi connectivity index (χ1n) is 11.5. The zero-order chi connectivity index (χ0) is 30.1. The molecule has 2 aromatic heterocycles. The molecule has 0 N–H and O–H groups in total. The molecule has 4 rings (SSSR count). The number of aromatic nitrogens is 2. The summed E-state index contributed by atoms with van der Waals surface area (Å²) < 4.78 is 104. The van der Waals surface area contributed by atoms with Crippen LogP contribution in [0.4, 0.5) is 26.3 Å². The van der Waals surface area contributed by atoms with E-state index in [1.165, 1.54) is 24.3 Å². The minimum Gasteiger partial charge on any atom is -0.300 e. The Morgan fingerprint density at radius 1 is 0.786 bits per heavy atom. The van der Waals surface area contributed by atoms with Crippen molar-refractivity contribution in [1.82, 2.24) is 9.97 Å². The van der Waals surface area contributed by atoms with Crippen LogP contribution in [0.25, 0.3) is 22.5 Å². The average molecular weight is 808 g/mol. The summed E-state index contributed by atoms with van der Waals surface area (Å²) in [6, 6.07) is 22.9. The number of pyridine rings is 2. The van der Waals surface area contributed by atoms with Crippen molar-refractivity contribution in [3.05, 3.63) is 96.3 Å². The molecule has 6 nitrogen and oxygen atoms in total. The summed E-state index contributed by atoms with van der Waals surface area (Å²) in [6.07, 6.45) is -4.95. The minimum atomic E-state index is -5.56. The van der Waals surface area contributed by atoms with Crippen LogP contribution in [0.5, 0.6) is 0 Å². The van der Waals surface area contributed by atoms with Gasteiger partial charge in [-0.25, -0.2) is 8.42 Å². The van der Waals surface area contributed by atoms with Gasteiger partial charge in [0.25, 0.3) is 9.84 Å². The van der Waals surface area contributed by atoms with Gasteiger partial charge in [-0.1, -0.05) is 24.3 Å². The van der Waals surface area contributed by atoms with Crippen LogP contribution in [0.2, 0.25) is 0 Å². The molecule has 0 aliphatic rings. The van der Waals surface area contributed by atoms with Crippen molar-refractivity contribution in [2.45, 2.75) is 40.9 Å². The summed E-state index contributed by atoms with van der Waals surface area (Å²) in [6.45, 7) is 3.63. The quantitative estimate of drug-likeness (QED) is 0.0601. The summed E-state index contributed by atoms with van der Waals surface area (Å²) in [7, 11) is -5.56. The second-order valence-electron chi connectivity index (χ2n) is 8.95. The number of benzene rings is 2. The number of halogens is 6. The molecular weight excluding hydrogens is 790 g/mol. The standard InChI is InChI=1S/C27H18F6N2O4S2.Pt/c1-25(2,23-13-5-11-21(34-23)17-7-3-9-19(15-17)40-39-38-26(28,29)30)24-14-6-12-22(35-24)18-8-4-10-20(16-18)41(36,37)27(31,32)33;/h3-6,9-16H,1-2H3;/q-2;+2. The molecule has 0 aliphatic heterocycles. The normalized spacial score (nSPS) is 12.6. The summed E-state index contributed by atoms with van der Waals surface area (Å²) in [5, 5.41) is 0. The van der Waals surface area contributed by atoms with Crippen LogP contribution in [0, 0.1) is 12.1 Å². The second kappa shape index (κ2) is 12.8. The fourth-order valence-corrected chi connectivity index (χ4v) is 4.90. The van der Waals surface area contributed by atoms with Crippen LogP contribution in [-0.4, -0.2) is 30.3 Å². The number of rotatable bonds is 8. The zero-order valence-electron chi connectivity index (χ0n) is 21.4. The van der Waals surface area contributed by atoms with E-state index in [0.29, 0.717) is 39.6 Å². The van der Waals surface area contributed by atoms with Crippen molar-refractivity contribution in [3.8, 4) is 22.5 Å². The monoisotopic (exact) mass is 807 g/mol. The van der Waals surface area contributed by atoms with Gasteiger partial charge in [-0.05, 0) is 47.2 Å². The van der Waals surface area contributed by atoms with Gasteiger partial charge in [-0.3, -0.25) is 0 Å². The third-order valence-electron chi connectivity index (χ3n) is 5.75.